The van der Waals surface area contributed by atoms with Gasteiger partial charge in [-0.1, -0.05) is 11.8 Å². The van der Waals surface area contributed by atoms with Crippen molar-refractivity contribution in [3.63, 3.8) is 0 Å². The fraction of sp³-hybridized carbons (Fsp3) is 0. The summed E-state index contributed by atoms with van der Waals surface area (Å²) in [5.74, 6) is -0.279. The zero-order valence-corrected chi connectivity index (χ0v) is 10.6. The highest BCUT2D eigenvalue weighted by atomic mass is 32.2. The van der Waals surface area contributed by atoms with Crippen LogP contribution in [0.3, 0.4) is 0 Å². The molecular weight excluding hydrogens is 261 g/mol. The monoisotopic (exact) mass is 269 g/mol. The van der Waals surface area contributed by atoms with Crippen molar-refractivity contribution in [1.29, 1.82) is 5.26 Å². The van der Waals surface area contributed by atoms with Gasteiger partial charge >= 0.3 is 0 Å². The normalized spacial score (nSPS) is 18.9. The lowest BCUT2D eigenvalue weighted by Gasteiger charge is -2.22. The van der Waals surface area contributed by atoms with Crippen LogP contribution in [-0.2, 0) is 0 Å². The molecule has 0 bridgehead atoms. The Bertz CT molecular complexity index is 678. The van der Waals surface area contributed by atoms with E-state index in [4.69, 9.17) is 5.26 Å². The van der Waals surface area contributed by atoms with Crippen LogP contribution in [0.25, 0.3) is 5.70 Å². The molecule has 0 unspecified atom stereocenters. The van der Waals surface area contributed by atoms with E-state index in [2.05, 4.69) is 4.99 Å². The molecule has 2 aliphatic heterocycles. The number of hydrogen-bond donors (Lipinski definition) is 0. The lowest BCUT2D eigenvalue weighted by Crippen LogP contribution is -2.21. The zero-order valence-electron chi connectivity index (χ0n) is 9.75. The topological polar surface area (TPSA) is 39.4 Å². The van der Waals surface area contributed by atoms with Gasteiger partial charge in [0.1, 0.15) is 5.82 Å². The largest absolute Gasteiger partial charge is 0.295 e. The van der Waals surface area contributed by atoms with Gasteiger partial charge in [0.05, 0.1) is 17.5 Å². The van der Waals surface area contributed by atoms with Crippen molar-refractivity contribution in [1.82, 2.24) is 4.90 Å². The Kier molecular flexibility index (Phi) is 2.94. The average molecular weight is 269 g/mol. The van der Waals surface area contributed by atoms with E-state index < -0.39 is 0 Å². The number of aliphatic imine (C=N–C) groups is 1. The van der Waals surface area contributed by atoms with Crippen molar-refractivity contribution in [2.24, 2.45) is 4.99 Å². The van der Waals surface area contributed by atoms with E-state index in [1.165, 1.54) is 30.0 Å². The third-order valence-electron chi connectivity index (χ3n) is 2.72. The molecule has 2 heterocycles. The van der Waals surface area contributed by atoms with E-state index in [9.17, 15) is 4.39 Å². The second kappa shape index (κ2) is 4.75. The zero-order chi connectivity index (χ0) is 13.2. The third kappa shape index (κ3) is 2.18. The van der Waals surface area contributed by atoms with Gasteiger partial charge in [-0.15, -0.1) is 0 Å². The third-order valence-corrected chi connectivity index (χ3v) is 3.48. The van der Waals surface area contributed by atoms with Crippen LogP contribution < -0.4 is 0 Å². The van der Waals surface area contributed by atoms with Crippen LogP contribution >= 0.6 is 11.8 Å². The molecule has 0 aromatic heterocycles. The summed E-state index contributed by atoms with van der Waals surface area (Å²) in [6, 6.07) is 8.18. The first-order chi connectivity index (χ1) is 9.28. The molecule has 1 aromatic rings. The number of nitrogens with zero attached hydrogens (tertiary/aromatic N) is 3. The van der Waals surface area contributed by atoms with Crippen LogP contribution in [-0.4, -0.2) is 10.1 Å². The van der Waals surface area contributed by atoms with Crippen molar-refractivity contribution >= 4 is 22.6 Å². The lowest BCUT2D eigenvalue weighted by molar-refractivity contribution is 0.627. The standard InChI is InChI=1S/C14H8FN3S/c15-11-3-1-10(2-4-11)13-9-12(5-6-16)18-7-8-19-14(18)17-13/h1-5,7-9H/b12-5+. The first kappa shape index (κ1) is 11.8. The van der Waals surface area contributed by atoms with E-state index in [0.717, 1.165) is 22.1 Å². The van der Waals surface area contributed by atoms with Crippen molar-refractivity contribution in [2.75, 3.05) is 0 Å². The van der Waals surface area contributed by atoms with Crippen molar-refractivity contribution < 1.29 is 4.39 Å². The number of fused-ring (bicyclic) bond motifs is 1. The quantitative estimate of drug-likeness (QED) is 0.733. The molecule has 0 fully saturated rings. The second-order valence-electron chi connectivity index (χ2n) is 3.90. The van der Waals surface area contributed by atoms with Gasteiger partial charge in [0.2, 0.25) is 0 Å². The smallest absolute Gasteiger partial charge is 0.177 e. The Morgan fingerprint density at radius 3 is 2.84 bits per heavy atom. The first-order valence-corrected chi connectivity index (χ1v) is 6.44. The number of rotatable bonds is 1. The van der Waals surface area contributed by atoms with E-state index in [1.807, 2.05) is 28.7 Å². The maximum absolute atomic E-state index is 12.9. The molecule has 0 radical (unpaired) electrons. The van der Waals surface area contributed by atoms with Gasteiger partial charge in [-0.2, -0.15) is 5.26 Å². The van der Waals surface area contributed by atoms with Crippen LogP contribution in [0.15, 0.2) is 58.7 Å². The van der Waals surface area contributed by atoms with E-state index in [0.29, 0.717) is 0 Å². The Morgan fingerprint density at radius 1 is 1.32 bits per heavy atom. The van der Waals surface area contributed by atoms with Crippen LogP contribution in [0.4, 0.5) is 4.39 Å². The summed E-state index contributed by atoms with van der Waals surface area (Å²) < 4.78 is 12.9. The highest BCUT2D eigenvalue weighted by Crippen LogP contribution is 2.33. The number of halogens is 1. The van der Waals surface area contributed by atoms with Gasteiger partial charge in [-0.3, -0.25) is 4.90 Å². The predicted molar refractivity (Wildman–Crippen MR) is 74.1 cm³/mol. The summed E-state index contributed by atoms with van der Waals surface area (Å²) in [7, 11) is 0. The lowest BCUT2D eigenvalue weighted by atomic mass is 10.1. The number of benzene rings is 1. The van der Waals surface area contributed by atoms with Crippen molar-refractivity contribution in [3.05, 3.63) is 65.1 Å². The van der Waals surface area contributed by atoms with E-state index >= 15 is 0 Å². The number of amidine groups is 1. The predicted octanol–water partition coefficient (Wildman–Crippen LogP) is 3.46. The Labute approximate surface area is 114 Å². The number of allylic oxidation sites excluding steroid dienone is 2. The maximum Gasteiger partial charge on any atom is 0.177 e. The molecule has 0 spiro atoms. The number of nitriles is 1. The van der Waals surface area contributed by atoms with Gasteiger partial charge in [0, 0.05) is 17.8 Å². The molecule has 0 saturated heterocycles. The molecule has 0 atom stereocenters. The minimum Gasteiger partial charge on any atom is -0.295 e. The van der Waals surface area contributed by atoms with Crippen molar-refractivity contribution in [2.45, 2.75) is 0 Å². The summed E-state index contributed by atoms with van der Waals surface area (Å²) in [6.45, 7) is 0. The molecule has 3 nitrogen and oxygen atoms in total. The van der Waals surface area contributed by atoms with Crippen LogP contribution in [0.1, 0.15) is 5.56 Å². The molecular formula is C14H8FN3S. The molecule has 19 heavy (non-hydrogen) atoms. The van der Waals surface area contributed by atoms with Crippen LogP contribution in [0.2, 0.25) is 0 Å². The van der Waals surface area contributed by atoms with Gasteiger partial charge in [0.25, 0.3) is 0 Å². The molecule has 92 valence electrons. The second-order valence-corrected chi connectivity index (χ2v) is 4.78. The number of hydrogen-bond acceptors (Lipinski definition) is 4. The summed E-state index contributed by atoms with van der Waals surface area (Å²) in [5.41, 5.74) is 2.31. The summed E-state index contributed by atoms with van der Waals surface area (Å²) >= 11 is 1.49. The summed E-state index contributed by atoms with van der Waals surface area (Å²) in [5, 5.41) is 11.5. The van der Waals surface area contributed by atoms with Gasteiger partial charge < -0.3 is 0 Å². The van der Waals surface area contributed by atoms with Gasteiger partial charge in [-0.05, 0) is 35.7 Å². The average Bonchev–Trinajstić information content (AvgIpc) is 2.88. The SMILES string of the molecule is N#C/C=C1\C=C(c2ccc(F)cc2)N=C2SC=CN21. The van der Waals surface area contributed by atoms with Crippen LogP contribution in [0, 0.1) is 17.1 Å². The molecule has 0 aliphatic carbocycles. The van der Waals surface area contributed by atoms with E-state index in [-0.39, 0.29) is 5.82 Å². The maximum atomic E-state index is 12.9. The summed E-state index contributed by atoms with van der Waals surface area (Å²) in [6.07, 6.45) is 5.15. The fourth-order valence-corrected chi connectivity index (χ4v) is 2.58. The Hall–Kier alpha value is -2.32. The molecule has 0 amide bonds. The molecule has 1 aromatic carbocycles. The molecule has 0 saturated carbocycles. The fourth-order valence-electron chi connectivity index (χ4n) is 1.84. The van der Waals surface area contributed by atoms with E-state index in [1.54, 1.807) is 12.1 Å². The first-order valence-electron chi connectivity index (χ1n) is 5.56. The number of thioether (sulfide) groups is 1. The van der Waals surface area contributed by atoms with Crippen molar-refractivity contribution in [3.8, 4) is 6.07 Å². The van der Waals surface area contributed by atoms with Crippen LogP contribution in [0.5, 0.6) is 0 Å². The molecule has 2 aliphatic rings. The Balaban J connectivity index is 2.05. The minimum absolute atomic E-state index is 0.279. The highest BCUT2D eigenvalue weighted by Gasteiger charge is 2.22. The molecule has 5 heteroatoms. The Morgan fingerprint density at radius 2 is 2.11 bits per heavy atom. The van der Waals surface area contributed by atoms with Gasteiger partial charge in [-0.25, -0.2) is 9.38 Å². The van der Waals surface area contributed by atoms with Gasteiger partial charge in [0.15, 0.2) is 5.17 Å². The molecule has 3 rings (SSSR count). The molecule has 0 N–H and O–H groups in total. The highest BCUT2D eigenvalue weighted by molar-refractivity contribution is 8.16. The summed E-state index contributed by atoms with van der Waals surface area (Å²) in [4.78, 5) is 6.36. The minimum atomic E-state index is -0.279.